The van der Waals surface area contributed by atoms with Crippen LogP contribution in [0.1, 0.15) is 13.8 Å². The fourth-order valence-electron chi connectivity index (χ4n) is 0.867. The molecule has 1 aliphatic rings. The minimum atomic E-state index is -0.231. The van der Waals surface area contributed by atoms with Crippen LogP contribution in [0.2, 0.25) is 0 Å². The van der Waals surface area contributed by atoms with Crippen molar-refractivity contribution >= 4 is 0 Å². The van der Waals surface area contributed by atoms with E-state index in [2.05, 4.69) is 0 Å². The highest BCUT2D eigenvalue weighted by atomic mass is 16.5. The summed E-state index contributed by atoms with van der Waals surface area (Å²) in [7, 11) is 0. The monoisotopic (exact) mass is 116 g/mol. The minimum absolute atomic E-state index is 0.231. The second kappa shape index (κ2) is 2.03. The molecular weight excluding hydrogens is 104 g/mol. The molecule has 0 amide bonds. The highest BCUT2D eigenvalue weighted by molar-refractivity contribution is 4.76. The molecule has 0 aliphatic carbocycles. The zero-order valence-corrected chi connectivity index (χ0v) is 5.29. The first-order valence-electron chi connectivity index (χ1n) is 3.01. The largest absolute Gasteiger partial charge is 0.390 e. The number of aliphatic hydroxyl groups excluding tert-OH is 1. The number of hydrogen-bond acceptors (Lipinski definition) is 2. The summed E-state index contributed by atoms with van der Waals surface area (Å²) < 4.78 is 5.13. The van der Waals surface area contributed by atoms with E-state index >= 15 is 0 Å². The van der Waals surface area contributed by atoms with Crippen LogP contribution in [0.25, 0.3) is 0 Å². The van der Waals surface area contributed by atoms with Crippen LogP contribution in [0.5, 0.6) is 0 Å². The van der Waals surface area contributed by atoms with Gasteiger partial charge >= 0.3 is 0 Å². The first-order valence-corrected chi connectivity index (χ1v) is 3.01. The Kier molecular flexibility index (Phi) is 1.54. The van der Waals surface area contributed by atoms with Crippen molar-refractivity contribution in [1.82, 2.24) is 0 Å². The zero-order chi connectivity index (χ0) is 6.15. The van der Waals surface area contributed by atoms with Crippen molar-refractivity contribution in [3.63, 3.8) is 0 Å². The van der Waals surface area contributed by atoms with Gasteiger partial charge in [0, 0.05) is 5.92 Å². The van der Waals surface area contributed by atoms with Crippen LogP contribution < -0.4 is 0 Å². The molecule has 2 nitrogen and oxygen atoms in total. The smallest absolute Gasteiger partial charge is 0.0823 e. The second-order valence-electron chi connectivity index (χ2n) is 2.46. The van der Waals surface area contributed by atoms with E-state index in [0.717, 1.165) is 0 Å². The molecule has 1 rings (SSSR count). The van der Waals surface area contributed by atoms with Gasteiger partial charge < -0.3 is 9.84 Å². The third kappa shape index (κ3) is 0.858. The third-order valence-corrected chi connectivity index (χ3v) is 1.88. The first-order chi connectivity index (χ1) is 3.72. The summed E-state index contributed by atoms with van der Waals surface area (Å²) in [5.74, 6) is 0.315. The van der Waals surface area contributed by atoms with Crippen molar-refractivity contribution in [2.45, 2.75) is 26.1 Å². The molecule has 2 heteroatoms. The number of rotatable bonds is 0. The van der Waals surface area contributed by atoms with Crippen molar-refractivity contribution in [3.05, 3.63) is 0 Å². The summed E-state index contributed by atoms with van der Waals surface area (Å²) in [6.45, 7) is 4.51. The van der Waals surface area contributed by atoms with Gasteiger partial charge in [-0.1, -0.05) is 6.92 Å². The molecule has 0 saturated carbocycles. The van der Waals surface area contributed by atoms with Gasteiger partial charge in [0.2, 0.25) is 0 Å². The predicted molar refractivity (Wildman–Crippen MR) is 30.6 cm³/mol. The highest BCUT2D eigenvalue weighted by Gasteiger charge is 2.28. The van der Waals surface area contributed by atoms with Crippen LogP contribution in [0.4, 0.5) is 0 Å². The summed E-state index contributed by atoms with van der Waals surface area (Å²) in [6.07, 6.45) is 0.00926. The SMILES string of the molecule is CC1OC[C@H](O)[C@@H]1C. The van der Waals surface area contributed by atoms with E-state index in [1.807, 2.05) is 13.8 Å². The molecule has 3 atom stereocenters. The summed E-state index contributed by atoms with van der Waals surface area (Å²) in [5, 5.41) is 9.04. The Bertz CT molecular complexity index is 72.6. The topological polar surface area (TPSA) is 29.5 Å². The Morgan fingerprint density at radius 2 is 2.12 bits per heavy atom. The number of hydrogen-bond donors (Lipinski definition) is 1. The fraction of sp³-hybridized carbons (Fsp3) is 1.00. The third-order valence-electron chi connectivity index (χ3n) is 1.88. The van der Waals surface area contributed by atoms with Crippen molar-refractivity contribution in [3.8, 4) is 0 Å². The standard InChI is InChI=1S/C6H12O2/c1-4-5(2)8-3-6(4)7/h4-7H,3H2,1-2H3/t4-,5?,6+/m1/s1. The molecule has 8 heavy (non-hydrogen) atoms. The van der Waals surface area contributed by atoms with E-state index in [-0.39, 0.29) is 12.2 Å². The average Bonchev–Trinajstić information content (AvgIpc) is 1.98. The molecule has 0 aromatic heterocycles. The van der Waals surface area contributed by atoms with E-state index in [0.29, 0.717) is 12.5 Å². The van der Waals surface area contributed by atoms with Gasteiger partial charge in [-0.2, -0.15) is 0 Å². The van der Waals surface area contributed by atoms with Crippen molar-refractivity contribution in [2.24, 2.45) is 5.92 Å². The summed E-state index contributed by atoms with van der Waals surface area (Å²) >= 11 is 0. The average molecular weight is 116 g/mol. The first kappa shape index (κ1) is 6.05. The molecule has 0 radical (unpaired) electrons. The number of aliphatic hydroxyl groups is 1. The van der Waals surface area contributed by atoms with Crippen LogP contribution in [-0.4, -0.2) is 23.9 Å². The van der Waals surface area contributed by atoms with Crippen LogP contribution in [-0.2, 0) is 4.74 Å². The minimum Gasteiger partial charge on any atom is -0.390 e. The predicted octanol–water partition coefficient (Wildman–Crippen LogP) is 0.402. The van der Waals surface area contributed by atoms with Gasteiger partial charge in [0.25, 0.3) is 0 Å². The van der Waals surface area contributed by atoms with E-state index in [9.17, 15) is 0 Å². The normalized spacial score (nSPS) is 47.6. The molecule has 1 fully saturated rings. The van der Waals surface area contributed by atoms with Gasteiger partial charge in [-0.3, -0.25) is 0 Å². The van der Waals surface area contributed by atoms with Crippen molar-refractivity contribution in [2.75, 3.05) is 6.61 Å². The molecule has 0 spiro atoms. The molecule has 1 unspecified atom stereocenters. The van der Waals surface area contributed by atoms with Gasteiger partial charge in [0.1, 0.15) is 0 Å². The summed E-state index contributed by atoms with van der Waals surface area (Å²) in [4.78, 5) is 0. The van der Waals surface area contributed by atoms with Gasteiger partial charge in [0.15, 0.2) is 0 Å². The maximum absolute atomic E-state index is 9.04. The Morgan fingerprint density at radius 3 is 2.25 bits per heavy atom. The second-order valence-corrected chi connectivity index (χ2v) is 2.46. The van der Waals surface area contributed by atoms with Crippen LogP contribution in [0.3, 0.4) is 0 Å². The molecule has 0 aromatic rings. The van der Waals surface area contributed by atoms with Crippen molar-refractivity contribution in [1.29, 1.82) is 0 Å². The lowest BCUT2D eigenvalue weighted by molar-refractivity contribution is 0.0966. The van der Waals surface area contributed by atoms with E-state index in [1.165, 1.54) is 0 Å². The Hall–Kier alpha value is -0.0800. The molecule has 1 heterocycles. The Labute approximate surface area is 49.5 Å². The van der Waals surface area contributed by atoms with Gasteiger partial charge in [-0.25, -0.2) is 0 Å². The molecule has 1 N–H and O–H groups in total. The zero-order valence-electron chi connectivity index (χ0n) is 5.29. The van der Waals surface area contributed by atoms with Crippen molar-refractivity contribution < 1.29 is 9.84 Å². The maximum Gasteiger partial charge on any atom is 0.0823 e. The van der Waals surface area contributed by atoms with Crippen LogP contribution in [0, 0.1) is 5.92 Å². The van der Waals surface area contributed by atoms with Crippen LogP contribution in [0.15, 0.2) is 0 Å². The molecule has 0 bridgehead atoms. The van der Waals surface area contributed by atoms with Crippen LogP contribution >= 0.6 is 0 Å². The van der Waals surface area contributed by atoms with Gasteiger partial charge in [0.05, 0.1) is 18.8 Å². The molecule has 0 aromatic carbocycles. The quantitative estimate of drug-likeness (QED) is 0.496. The maximum atomic E-state index is 9.04. The Balaban J connectivity index is 2.44. The molecular formula is C6H12O2. The Morgan fingerprint density at radius 1 is 1.50 bits per heavy atom. The lowest BCUT2D eigenvalue weighted by atomic mass is 10.0. The van der Waals surface area contributed by atoms with E-state index in [4.69, 9.17) is 9.84 Å². The fourth-order valence-corrected chi connectivity index (χ4v) is 0.867. The lowest BCUT2D eigenvalue weighted by Gasteiger charge is -2.08. The molecule has 1 aliphatic heterocycles. The van der Waals surface area contributed by atoms with E-state index in [1.54, 1.807) is 0 Å². The van der Waals surface area contributed by atoms with E-state index < -0.39 is 0 Å². The van der Waals surface area contributed by atoms with Gasteiger partial charge in [-0.05, 0) is 6.92 Å². The highest BCUT2D eigenvalue weighted by Crippen LogP contribution is 2.19. The summed E-state index contributed by atoms with van der Waals surface area (Å²) in [6, 6.07) is 0. The summed E-state index contributed by atoms with van der Waals surface area (Å²) in [5.41, 5.74) is 0. The van der Waals surface area contributed by atoms with Gasteiger partial charge in [-0.15, -0.1) is 0 Å². The number of ether oxygens (including phenoxy) is 1. The molecule has 1 saturated heterocycles. The molecule has 48 valence electrons. The lowest BCUT2D eigenvalue weighted by Crippen LogP contribution is -2.17.